The second-order valence-corrected chi connectivity index (χ2v) is 4.76. The van der Waals surface area contributed by atoms with Crippen LogP contribution in [0.2, 0.25) is 0 Å². The Kier molecular flexibility index (Phi) is 4.15. The van der Waals surface area contributed by atoms with Gasteiger partial charge in [0.05, 0.1) is 0 Å². The van der Waals surface area contributed by atoms with Gasteiger partial charge in [0.2, 0.25) is 0 Å². The first-order valence-electron chi connectivity index (χ1n) is 6.39. The maximum Gasteiger partial charge on any atom is 0.358 e. The fraction of sp³-hybridized carbons (Fsp3) is 0.125. The van der Waals surface area contributed by atoms with Crippen LogP contribution in [0.1, 0.15) is 34.6 Å². The van der Waals surface area contributed by atoms with Crippen LogP contribution < -0.4 is 10.9 Å². The Morgan fingerprint density at radius 2 is 1.05 bits per heavy atom. The largest absolute Gasteiger partial charge is 0.443 e. The van der Waals surface area contributed by atoms with Crippen LogP contribution in [0.5, 0.6) is 0 Å². The molecule has 0 bridgehead atoms. The number of carbonyl (C=O) groups excluding carboxylic acids is 2. The number of benzene rings is 2. The first-order chi connectivity index (χ1) is 9.49. The molecule has 100 valence electrons. The molecular weight excluding hydrogens is 251 g/mol. The average Bonchev–Trinajstić information content (AvgIpc) is 2.46. The lowest BCUT2D eigenvalue weighted by atomic mass is 9.56. The van der Waals surface area contributed by atoms with Gasteiger partial charge in [-0.3, -0.25) is 9.59 Å². The summed E-state index contributed by atoms with van der Waals surface area (Å²) in [5.41, 5.74) is 2.66. The average molecular weight is 266 g/mol. The fourth-order valence-corrected chi connectivity index (χ4v) is 1.99. The van der Waals surface area contributed by atoms with E-state index in [2.05, 4.69) is 0 Å². The van der Waals surface area contributed by atoms with Crippen molar-refractivity contribution in [1.29, 1.82) is 0 Å². The van der Waals surface area contributed by atoms with Crippen LogP contribution in [-0.4, -0.2) is 23.5 Å². The van der Waals surface area contributed by atoms with Crippen molar-refractivity contribution >= 4 is 29.4 Å². The zero-order valence-electron chi connectivity index (χ0n) is 11.5. The summed E-state index contributed by atoms with van der Waals surface area (Å²) in [7, 11) is 0. The first-order valence-corrected chi connectivity index (χ1v) is 6.39. The van der Waals surface area contributed by atoms with Crippen LogP contribution in [0, 0.1) is 0 Å². The Bertz CT molecular complexity index is 572. The molecule has 0 saturated carbocycles. The van der Waals surface area contributed by atoms with Crippen LogP contribution in [-0.2, 0) is 0 Å². The van der Waals surface area contributed by atoms with Crippen LogP contribution in [0.4, 0.5) is 0 Å². The predicted octanol–water partition coefficient (Wildman–Crippen LogP) is 1.19. The maximum absolute atomic E-state index is 11.2. The standard InChI is InChI=1S/C16H15BO3/c1-11(18)13-3-7-15(8-4-13)17(20)16-9-5-14(6-10-16)12(2)19/h3-10,20H,1-2H3. The molecule has 2 aromatic rings. The molecule has 0 fully saturated rings. The third-order valence-corrected chi connectivity index (χ3v) is 3.27. The lowest BCUT2D eigenvalue weighted by molar-refractivity contribution is 0.100. The van der Waals surface area contributed by atoms with Gasteiger partial charge in [0, 0.05) is 11.1 Å². The molecule has 0 saturated heterocycles. The Balaban J connectivity index is 2.24. The van der Waals surface area contributed by atoms with Crippen LogP contribution in [0.15, 0.2) is 48.5 Å². The maximum atomic E-state index is 11.2. The highest BCUT2D eigenvalue weighted by Gasteiger charge is 2.17. The van der Waals surface area contributed by atoms with Crippen LogP contribution in [0.3, 0.4) is 0 Å². The first kappa shape index (κ1) is 14.2. The molecule has 0 aromatic heterocycles. The third-order valence-electron chi connectivity index (χ3n) is 3.27. The zero-order chi connectivity index (χ0) is 14.7. The van der Waals surface area contributed by atoms with Crippen molar-refractivity contribution in [3.05, 3.63) is 59.7 Å². The van der Waals surface area contributed by atoms with Gasteiger partial charge in [-0.1, -0.05) is 48.5 Å². The lowest BCUT2D eigenvalue weighted by Gasteiger charge is -2.08. The number of hydrogen-bond donors (Lipinski definition) is 1. The fourth-order valence-electron chi connectivity index (χ4n) is 1.99. The minimum atomic E-state index is -0.767. The Hall–Kier alpha value is -2.20. The molecule has 2 rings (SSSR count). The van der Waals surface area contributed by atoms with Gasteiger partial charge in [0.1, 0.15) is 0 Å². The van der Waals surface area contributed by atoms with Gasteiger partial charge in [-0.25, -0.2) is 0 Å². The minimum Gasteiger partial charge on any atom is -0.443 e. The summed E-state index contributed by atoms with van der Waals surface area (Å²) in [4.78, 5) is 22.4. The molecule has 0 aliphatic rings. The molecule has 0 spiro atoms. The Morgan fingerprint density at radius 3 is 1.30 bits per heavy atom. The van der Waals surface area contributed by atoms with Crippen molar-refractivity contribution in [2.45, 2.75) is 13.8 Å². The predicted molar refractivity (Wildman–Crippen MR) is 80.1 cm³/mol. The summed E-state index contributed by atoms with van der Waals surface area (Å²) < 4.78 is 0. The SMILES string of the molecule is CC(=O)c1ccc(B(O)c2ccc(C(C)=O)cc2)cc1. The molecule has 0 radical (unpaired) electrons. The number of hydrogen-bond acceptors (Lipinski definition) is 3. The molecule has 0 aliphatic carbocycles. The summed E-state index contributed by atoms with van der Waals surface area (Å²) in [6.45, 7) is 2.25. The molecule has 0 aliphatic heterocycles. The van der Waals surface area contributed by atoms with Crippen molar-refractivity contribution < 1.29 is 14.6 Å². The van der Waals surface area contributed by atoms with Crippen molar-refractivity contribution in [2.24, 2.45) is 0 Å². The second kappa shape index (κ2) is 5.84. The van der Waals surface area contributed by atoms with Gasteiger partial charge in [-0.15, -0.1) is 0 Å². The van der Waals surface area contributed by atoms with Crippen molar-refractivity contribution in [1.82, 2.24) is 0 Å². The number of rotatable bonds is 4. The number of Topliss-reactive ketones (excluding diaryl/α,β-unsaturated/α-hetero) is 2. The van der Waals surface area contributed by atoms with Gasteiger partial charge in [-0.05, 0) is 24.8 Å². The summed E-state index contributed by atoms with van der Waals surface area (Å²) in [6.07, 6.45) is 0. The molecule has 3 nitrogen and oxygen atoms in total. The van der Waals surface area contributed by atoms with Gasteiger partial charge >= 0.3 is 6.92 Å². The van der Waals surface area contributed by atoms with E-state index in [0.717, 1.165) is 0 Å². The lowest BCUT2D eigenvalue weighted by Crippen LogP contribution is -2.42. The van der Waals surface area contributed by atoms with E-state index in [1.807, 2.05) is 0 Å². The Labute approximate surface area is 118 Å². The smallest absolute Gasteiger partial charge is 0.358 e. The van der Waals surface area contributed by atoms with Crippen LogP contribution >= 0.6 is 0 Å². The highest BCUT2D eigenvalue weighted by atomic mass is 16.2. The molecule has 0 atom stereocenters. The molecule has 0 heterocycles. The topological polar surface area (TPSA) is 54.4 Å². The molecule has 0 amide bonds. The quantitative estimate of drug-likeness (QED) is 0.668. The third kappa shape index (κ3) is 3.03. The minimum absolute atomic E-state index is 0.00292. The van der Waals surface area contributed by atoms with E-state index in [9.17, 15) is 14.6 Å². The summed E-state index contributed by atoms with van der Waals surface area (Å²) in [5, 5.41) is 10.3. The number of carbonyl (C=O) groups is 2. The van der Waals surface area contributed by atoms with E-state index in [-0.39, 0.29) is 11.6 Å². The van der Waals surface area contributed by atoms with Crippen molar-refractivity contribution in [3.63, 3.8) is 0 Å². The van der Waals surface area contributed by atoms with E-state index in [1.165, 1.54) is 13.8 Å². The summed E-state index contributed by atoms with van der Waals surface area (Å²) >= 11 is 0. The van der Waals surface area contributed by atoms with E-state index in [4.69, 9.17) is 0 Å². The monoisotopic (exact) mass is 266 g/mol. The van der Waals surface area contributed by atoms with Crippen molar-refractivity contribution in [2.75, 3.05) is 0 Å². The van der Waals surface area contributed by atoms with E-state index in [1.54, 1.807) is 48.5 Å². The van der Waals surface area contributed by atoms with Gasteiger partial charge in [-0.2, -0.15) is 0 Å². The summed E-state index contributed by atoms with van der Waals surface area (Å²) in [5.74, 6) is -0.00583. The number of ketones is 2. The molecule has 2 aromatic carbocycles. The van der Waals surface area contributed by atoms with Crippen molar-refractivity contribution in [3.8, 4) is 0 Å². The van der Waals surface area contributed by atoms with Gasteiger partial charge in [0.25, 0.3) is 0 Å². The molecular formula is C16H15BO3. The van der Waals surface area contributed by atoms with Gasteiger partial charge in [0.15, 0.2) is 11.6 Å². The van der Waals surface area contributed by atoms with E-state index in [0.29, 0.717) is 22.1 Å². The van der Waals surface area contributed by atoms with E-state index >= 15 is 0 Å². The Morgan fingerprint density at radius 1 is 0.750 bits per heavy atom. The highest BCUT2D eigenvalue weighted by Crippen LogP contribution is 2.01. The van der Waals surface area contributed by atoms with Gasteiger partial charge < -0.3 is 5.02 Å². The van der Waals surface area contributed by atoms with Crippen LogP contribution in [0.25, 0.3) is 0 Å². The second-order valence-electron chi connectivity index (χ2n) is 4.76. The normalized spacial score (nSPS) is 10.2. The molecule has 20 heavy (non-hydrogen) atoms. The molecule has 1 N–H and O–H groups in total. The van der Waals surface area contributed by atoms with E-state index < -0.39 is 6.92 Å². The molecule has 0 unspecified atom stereocenters. The molecule has 4 heteroatoms. The highest BCUT2D eigenvalue weighted by molar-refractivity contribution is 6.78. The summed E-state index contributed by atoms with van der Waals surface area (Å²) in [6, 6.07) is 13.7. The zero-order valence-corrected chi connectivity index (χ0v) is 11.5.